The number of phenolic OH excluding ortho intramolecular Hbond substituents is 1. The molecule has 0 saturated carbocycles. The minimum absolute atomic E-state index is 0.00224. The number of carbonyl (C=O) groups is 3. The molecule has 8 heteroatoms. The smallest absolute Gasteiger partial charge is 0.326 e. The van der Waals surface area contributed by atoms with Crippen molar-refractivity contribution in [3.63, 3.8) is 0 Å². The highest BCUT2D eigenvalue weighted by atomic mass is 32.2. The van der Waals surface area contributed by atoms with Crippen LogP contribution in [0.2, 0.25) is 0 Å². The number of thioether (sulfide) groups is 1. The maximum atomic E-state index is 12.6. The second-order valence-electron chi connectivity index (χ2n) is 7.08. The number of phenols is 1. The molecule has 150 valence electrons. The van der Waals surface area contributed by atoms with E-state index in [0.717, 1.165) is 16.7 Å². The standard InChI is InChI=1S/C20H23NO6S/c1-6-7-13-8-12(9-14(26-5)17(13)23)10-15-18(24)21(19(25)28-15)11-16(22)27-20(2,3)4/h6,8-10,23H,1,7,11H2,2-5H3/b15-10-. The predicted molar refractivity (Wildman–Crippen MR) is 107 cm³/mol. The first-order valence-electron chi connectivity index (χ1n) is 8.53. The van der Waals surface area contributed by atoms with Crippen LogP contribution in [0.5, 0.6) is 11.5 Å². The molecule has 1 aromatic rings. The molecule has 0 aromatic heterocycles. The fourth-order valence-electron chi connectivity index (χ4n) is 2.53. The average Bonchev–Trinajstić information content (AvgIpc) is 2.83. The summed E-state index contributed by atoms with van der Waals surface area (Å²) in [4.78, 5) is 37.7. The monoisotopic (exact) mass is 405 g/mol. The van der Waals surface area contributed by atoms with E-state index in [2.05, 4.69) is 6.58 Å². The molecule has 0 spiro atoms. The van der Waals surface area contributed by atoms with Crippen molar-refractivity contribution in [3.8, 4) is 11.5 Å². The number of methoxy groups -OCH3 is 1. The maximum Gasteiger partial charge on any atom is 0.326 e. The number of nitrogens with zero attached hydrogens (tertiary/aromatic N) is 1. The number of allylic oxidation sites excluding steroid dienone is 1. The number of hydrogen-bond donors (Lipinski definition) is 1. The molecule has 1 N–H and O–H groups in total. The van der Waals surface area contributed by atoms with Gasteiger partial charge in [-0.25, -0.2) is 0 Å². The first kappa shape index (κ1) is 21.6. The van der Waals surface area contributed by atoms with Crippen LogP contribution in [0.25, 0.3) is 6.08 Å². The second kappa shape index (κ2) is 8.52. The third kappa shape index (κ3) is 5.16. The van der Waals surface area contributed by atoms with Gasteiger partial charge in [-0.1, -0.05) is 6.08 Å². The summed E-state index contributed by atoms with van der Waals surface area (Å²) in [6.07, 6.45) is 3.56. The lowest BCUT2D eigenvalue weighted by atomic mass is 10.1. The Bertz CT molecular complexity index is 853. The van der Waals surface area contributed by atoms with E-state index in [4.69, 9.17) is 9.47 Å². The van der Waals surface area contributed by atoms with E-state index in [1.807, 2.05) is 0 Å². The average molecular weight is 405 g/mol. The number of amides is 2. The van der Waals surface area contributed by atoms with Crippen molar-refractivity contribution in [3.05, 3.63) is 40.8 Å². The number of aromatic hydroxyl groups is 1. The molecule has 28 heavy (non-hydrogen) atoms. The zero-order valence-electron chi connectivity index (χ0n) is 16.3. The number of benzene rings is 1. The van der Waals surface area contributed by atoms with E-state index in [0.29, 0.717) is 17.5 Å². The zero-order valence-corrected chi connectivity index (χ0v) is 17.1. The van der Waals surface area contributed by atoms with Crippen molar-refractivity contribution >= 4 is 35.0 Å². The zero-order chi connectivity index (χ0) is 21.1. The van der Waals surface area contributed by atoms with Crippen molar-refractivity contribution in [1.29, 1.82) is 0 Å². The Morgan fingerprint density at radius 1 is 1.32 bits per heavy atom. The predicted octanol–water partition coefficient (Wildman–Crippen LogP) is 3.51. The number of imide groups is 1. The highest BCUT2D eigenvalue weighted by molar-refractivity contribution is 8.18. The lowest BCUT2D eigenvalue weighted by Crippen LogP contribution is -2.37. The van der Waals surface area contributed by atoms with Gasteiger partial charge < -0.3 is 14.6 Å². The molecule has 1 fully saturated rings. The molecule has 1 aliphatic heterocycles. The summed E-state index contributed by atoms with van der Waals surface area (Å²) in [5.41, 5.74) is 0.446. The van der Waals surface area contributed by atoms with E-state index in [9.17, 15) is 19.5 Å². The summed E-state index contributed by atoms with van der Waals surface area (Å²) in [7, 11) is 1.42. The van der Waals surface area contributed by atoms with Gasteiger partial charge in [-0.05, 0) is 62.7 Å². The van der Waals surface area contributed by atoms with Crippen molar-refractivity contribution < 1.29 is 29.0 Å². The second-order valence-corrected chi connectivity index (χ2v) is 8.07. The van der Waals surface area contributed by atoms with Crippen LogP contribution in [-0.4, -0.2) is 46.4 Å². The van der Waals surface area contributed by atoms with E-state index in [1.165, 1.54) is 13.2 Å². The van der Waals surface area contributed by atoms with Crippen LogP contribution >= 0.6 is 11.8 Å². The van der Waals surface area contributed by atoms with Gasteiger partial charge in [-0.3, -0.25) is 19.3 Å². The number of rotatable bonds is 6. The largest absolute Gasteiger partial charge is 0.504 e. The number of carbonyl (C=O) groups excluding carboxylic acids is 3. The van der Waals surface area contributed by atoms with Crippen LogP contribution < -0.4 is 4.74 Å². The molecule has 0 aliphatic carbocycles. The summed E-state index contributed by atoms with van der Waals surface area (Å²) in [6, 6.07) is 3.24. The normalized spacial score (nSPS) is 15.9. The maximum absolute atomic E-state index is 12.6. The van der Waals surface area contributed by atoms with E-state index >= 15 is 0 Å². The van der Waals surface area contributed by atoms with Gasteiger partial charge in [-0.15, -0.1) is 6.58 Å². The van der Waals surface area contributed by atoms with Crippen LogP contribution in [0.3, 0.4) is 0 Å². The third-order valence-corrected chi connectivity index (χ3v) is 4.55. The molecule has 1 aromatic carbocycles. The molecular weight excluding hydrogens is 382 g/mol. The minimum atomic E-state index is -0.709. The van der Waals surface area contributed by atoms with Crippen LogP contribution in [0.15, 0.2) is 29.7 Å². The van der Waals surface area contributed by atoms with Gasteiger partial charge in [-0.2, -0.15) is 0 Å². The molecule has 7 nitrogen and oxygen atoms in total. The van der Waals surface area contributed by atoms with Gasteiger partial charge in [0.1, 0.15) is 12.1 Å². The van der Waals surface area contributed by atoms with Gasteiger partial charge in [0.2, 0.25) is 0 Å². The van der Waals surface area contributed by atoms with Gasteiger partial charge in [0, 0.05) is 5.56 Å². The molecule has 0 bridgehead atoms. The fourth-order valence-corrected chi connectivity index (χ4v) is 3.37. The van der Waals surface area contributed by atoms with Crippen molar-refractivity contribution in [2.45, 2.75) is 32.8 Å². The molecule has 0 radical (unpaired) electrons. The third-order valence-electron chi connectivity index (χ3n) is 3.64. The summed E-state index contributed by atoms with van der Waals surface area (Å²) in [6.45, 7) is 8.32. The fraction of sp³-hybridized carbons (Fsp3) is 0.350. The highest BCUT2D eigenvalue weighted by Gasteiger charge is 2.37. The van der Waals surface area contributed by atoms with Crippen LogP contribution in [0.1, 0.15) is 31.9 Å². The van der Waals surface area contributed by atoms with Crippen LogP contribution in [0, 0.1) is 0 Å². The molecule has 1 aliphatic rings. The SMILES string of the molecule is C=CCc1cc(/C=C2\SC(=O)N(CC(=O)OC(C)(C)C)C2=O)cc(OC)c1O. The van der Waals surface area contributed by atoms with Crippen LogP contribution in [0.4, 0.5) is 4.79 Å². The Balaban J connectivity index is 2.27. The van der Waals surface area contributed by atoms with Gasteiger partial charge >= 0.3 is 5.97 Å². The molecule has 0 unspecified atom stereocenters. The number of esters is 1. The lowest BCUT2D eigenvalue weighted by molar-refractivity contribution is -0.156. The summed E-state index contributed by atoms with van der Waals surface area (Å²) in [5.74, 6) is -0.982. The Labute approximate surface area is 168 Å². The van der Waals surface area contributed by atoms with Crippen molar-refractivity contribution in [2.75, 3.05) is 13.7 Å². The molecule has 2 rings (SSSR count). The van der Waals surface area contributed by atoms with E-state index in [-0.39, 0.29) is 16.4 Å². The molecule has 2 amide bonds. The highest BCUT2D eigenvalue weighted by Crippen LogP contribution is 2.36. The van der Waals surface area contributed by atoms with Gasteiger partial charge in [0.25, 0.3) is 11.1 Å². The van der Waals surface area contributed by atoms with Crippen LogP contribution in [-0.2, 0) is 20.7 Å². The minimum Gasteiger partial charge on any atom is -0.504 e. The Morgan fingerprint density at radius 2 is 2.00 bits per heavy atom. The molecule has 1 saturated heterocycles. The van der Waals surface area contributed by atoms with Crippen molar-refractivity contribution in [2.24, 2.45) is 0 Å². The summed E-state index contributed by atoms with van der Waals surface area (Å²) in [5, 5.41) is 9.61. The number of hydrogen-bond acceptors (Lipinski definition) is 7. The number of ether oxygens (including phenoxy) is 2. The Morgan fingerprint density at radius 3 is 2.57 bits per heavy atom. The quantitative estimate of drug-likeness (QED) is 0.440. The first-order chi connectivity index (χ1) is 13.1. The van der Waals surface area contributed by atoms with E-state index in [1.54, 1.807) is 39.0 Å². The van der Waals surface area contributed by atoms with Gasteiger partial charge in [0.15, 0.2) is 11.5 Å². The Kier molecular flexibility index (Phi) is 6.56. The molecular formula is C20H23NO6S. The summed E-state index contributed by atoms with van der Waals surface area (Å²) < 4.78 is 10.3. The topological polar surface area (TPSA) is 93.1 Å². The molecule has 1 heterocycles. The Hall–Kier alpha value is -2.74. The first-order valence-corrected chi connectivity index (χ1v) is 9.35. The lowest BCUT2D eigenvalue weighted by Gasteiger charge is -2.21. The van der Waals surface area contributed by atoms with Crippen molar-refractivity contribution in [1.82, 2.24) is 4.90 Å². The summed E-state index contributed by atoms with van der Waals surface area (Å²) >= 11 is 0.741. The van der Waals surface area contributed by atoms with Gasteiger partial charge in [0.05, 0.1) is 12.0 Å². The molecule has 0 atom stereocenters. The van der Waals surface area contributed by atoms with E-state index < -0.39 is 29.3 Å².